The summed E-state index contributed by atoms with van der Waals surface area (Å²) in [4.78, 5) is 8.35. The molecule has 1 atom stereocenters. The van der Waals surface area contributed by atoms with Crippen LogP contribution in [0.2, 0.25) is 0 Å². The monoisotopic (exact) mass is 288 g/mol. The highest BCUT2D eigenvalue weighted by Gasteiger charge is 2.22. The predicted molar refractivity (Wildman–Crippen MR) is 68.7 cm³/mol. The minimum absolute atomic E-state index is 0.0504. The van der Waals surface area contributed by atoms with Gasteiger partial charge in [-0.1, -0.05) is 6.92 Å². The van der Waals surface area contributed by atoms with Crippen molar-refractivity contribution in [2.45, 2.75) is 25.8 Å². The number of rotatable bonds is 5. The van der Waals surface area contributed by atoms with Gasteiger partial charge in [0.25, 0.3) is 0 Å². The second kappa shape index (κ2) is 5.45. The number of aliphatic hydroxyl groups is 1. The minimum Gasteiger partial charge on any atom is -0.394 e. The van der Waals surface area contributed by atoms with Gasteiger partial charge < -0.3 is 15.7 Å². The van der Waals surface area contributed by atoms with E-state index in [-0.39, 0.29) is 12.1 Å². The van der Waals surface area contributed by atoms with E-state index in [9.17, 15) is 5.11 Å². The molecule has 0 bridgehead atoms. The Hall–Kier alpha value is -0.880. The molecule has 1 aromatic rings. The predicted octanol–water partition coefficient (Wildman–Crippen LogP) is 1.85. The zero-order chi connectivity index (χ0) is 12.2. The Morgan fingerprint density at radius 2 is 2.25 bits per heavy atom. The first-order chi connectivity index (χ1) is 7.54. The average Bonchev–Trinajstić information content (AvgIpc) is 2.32. The van der Waals surface area contributed by atoms with Crippen molar-refractivity contribution in [2.24, 2.45) is 0 Å². The molecule has 1 heterocycles. The largest absolute Gasteiger partial charge is 0.394 e. The van der Waals surface area contributed by atoms with Crippen molar-refractivity contribution in [3.63, 3.8) is 0 Å². The number of hydrogen-bond acceptors (Lipinski definition) is 5. The zero-order valence-electron chi connectivity index (χ0n) is 9.71. The molecule has 0 saturated heterocycles. The van der Waals surface area contributed by atoms with E-state index in [1.54, 1.807) is 13.2 Å². The maximum Gasteiger partial charge on any atom is 0.224 e. The standard InChI is InChI=1S/C10H17BrN4O/c1-4-10(2,6-16)15-8-7(11)5-13-9(12-3)14-8/h5,16H,4,6H2,1-3H3,(H2,12,13,14,15). The molecule has 1 unspecified atom stereocenters. The van der Waals surface area contributed by atoms with Crippen LogP contribution < -0.4 is 10.6 Å². The van der Waals surface area contributed by atoms with Crippen LogP contribution in [0, 0.1) is 0 Å². The summed E-state index contributed by atoms with van der Waals surface area (Å²) in [6, 6.07) is 0. The Morgan fingerprint density at radius 1 is 1.56 bits per heavy atom. The fourth-order valence-corrected chi connectivity index (χ4v) is 1.39. The molecule has 90 valence electrons. The van der Waals surface area contributed by atoms with Crippen LogP contribution in [-0.2, 0) is 0 Å². The maximum absolute atomic E-state index is 9.33. The highest BCUT2D eigenvalue weighted by molar-refractivity contribution is 9.10. The van der Waals surface area contributed by atoms with Gasteiger partial charge in [-0.3, -0.25) is 0 Å². The highest BCUT2D eigenvalue weighted by Crippen LogP contribution is 2.24. The van der Waals surface area contributed by atoms with Crippen LogP contribution in [0.1, 0.15) is 20.3 Å². The molecule has 1 aromatic heterocycles. The maximum atomic E-state index is 9.33. The van der Waals surface area contributed by atoms with E-state index in [0.29, 0.717) is 11.8 Å². The Bertz CT molecular complexity index is 355. The zero-order valence-corrected chi connectivity index (χ0v) is 11.3. The van der Waals surface area contributed by atoms with Crippen LogP contribution >= 0.6 is 15.9 Å². The summed E-state index contributed by atoms with van der Waals surface area (Å²) in [5.74, 6) is 1.22. The summed E-state index contributed by atoms with van der Waals surface area (Å²) in [6.07, 6.45) is 2.48. The number of hydrogen-bond donors (Lipinski definition) is 3. The van der Waals surface area contributed by atoms with Crippen LogP contribution in [0.3, 0.4) is 0 Å². The number of aliphatic hydroxyl groups excluding tert-OH is 1. The van der Waals surface area contributed by atoms with Gasteiger partial charge in [0.2, 0.25) is 5.95 Å². The lowest BCUT2D eigenvalue weighted by Crippen LogP contribution is -2.38. The minimum atomic E-state index is -0.373. The van der Waals surface area contributed by atoms with Crippen molar-refractivity contribution in [3.05, 3.63) is 10.7 Å². The van der Waals surface area contributed by atoms with Crippen molar-refractivity contribution in [2.75, 3.05) is 24.3 Å². The first-order valence-corrected chi connectivity index (χ1v) is 5.93. The summed E-state index contributed by atoms with van der Waals surface area (Å²) in [6.45, 7) is 4.01. The molecule has 0 spiro atoms. The quantitative estimate of drug-likeness (QED) is 0.772. The van der Waals surface area contributed by atoms with Gasteiger partial charge in [0.1, 0.15) is 5.82 Å². The number of anilines is 2. The van der Waals surface area contributed by atoms with Gasteiger partial charge >= 0.3 is 0 Å². The summed E-state index contributed by atoms with van der Waals surface area (Å²) in [5.41, 5.74) is -0.373. The Labute approximate surface area is 104 Å². The van der Waals surface area contributed by atoms with Crippen LogP contribution in [0.4, 0.5) is 11.8 Å². The van der Waals surface area contributed by atoms with Crippen LogP contribution in [0.15, 0.2) is 10.7 Å². The SMILES string of the molecule is CCC(C)(CO)Nc1nc(NC)ncc1Br. The third-order valence-electron chi connectivity index (χ3n) is 2.52. The van der Waals surface area contributed by atoms with E-state index in [1.165, 1.54) is 0 Å². The molecule has 0 aliphatic carbocycles. The van der Waals surface area contributed by atoms with E-state index in [4.69, 9.17) is 0 Å². The number of halogens is 1. The van der Waals surface area contributed by atoms with E-state index < -0.39 is 0 Å². The van der Waals surface area contributed by atoms with Gasteiger partial charge in [-0.25, -0.2) is 4.98 Å². The molecule has 3 N–H and O–H groups in total. The van der Waals surface area contributed by atoms with E-state index in [2.05, 4.69) is 36.5 Å². The molecule has 0 aliphatic heterocycles. The van der Waals surface area contributed by atoms with Gasteiger partial charge in [0, 0.05) is 13.2 Å². The van der Waals surface area contributed by atoms with Crippen LogP contribution in [-0.4, -0.2) is 34.3 Å². The lowest BCUT2D eigenvalue weighted by molar-refractivity contribution is 0.218. The smallest absolute Gasteiger partial charge is 0.224 e. The van der Waals surface area contributed by atoms with E-state index in [0.717, 1.165) is 10.9 Å². The third-order valence-corrected chi connectivity index (χ3v) is 3.10. The van der Waals surface area contributed by atoms with Crippen molar-refractivity contribution in [1.82, 2.24) is 9.97 Å². The van der Waals surface area contributed by atoms with E-state index in [1.807, 2.05) is 13.8 Å². The van der Waals surface area contributed by atoms with Gasteiger partial charge in [-0.2, -0.15) is 4.98 Å². The molecule has 0 aliphatic rings. The number of nitrogens with one attached hydrogen (secondary N) is 2. The second-order valence-electron chi connectivity index (χ2n) is 3.84. The van der Waals surface area contributed by atoms with Gasteiger partial charge in [0.05, 0.1) is 16.6 Å². The molecule has 0 aromatic carbocycles. The molecule has 0 radical (unpaired) electrons. The summed E-state index contributed by atoms with van der Waals surface area (Å²) in [7, 11) is 1.76. The molecule has 0 saturated carbocycles. The molecule has 0 fully saturated rings. The van der Waals surface area contributed by atoms with Gasteiger partial charge in [-0.05, 0) is 29.3 Å². The molecule has 6 heteroatoms. The highest BCUT2D eigenvalue weighted by atomic mass is 79.9. The van der Waals surface area contributed by atoms with Crippen LogP contribution in [0.25, 0.3) is 0 Å². The molecule has 1 rings (SSSR count). The summed E-state index contributed by atoms with van der Waals surface area (Å²) in [5, 5.41) is 15.4. The molecule has 16 heavy (non-hydrogen) atoms. The van der Waals surface area contributed by atoms with Crippen molar-refractivity contribution >= 4 is 27.7 Å². The fourth-order valence-electron chi connectivity index (χ4n) is 1.10. The van der Waals surface area contributed by atoms with Crippen molar-refractivity contribution < 1.29 is 5.11 Å². The van der Waals surface area contributed by atoms with Gasteiger partial charge in [-0.15, -0.1) is 0 Å². The molecular formula is C10H17BrN4O. The first-order valence-electron chi connectivity index (χ1n) is 5.14. The number of nitrogens with zero attached hydrogens (tertiary/aromatic N) is 2. The summed E-state index contributed by atoms with van der Waals surface area (Å²) < 4.78 is 0.777. The van der Waals surface area contributed by atoms with Crippen molar-refractivity contribution in [3.8, 4) is 0 Å². The topological polar surface area (TPSA) is 70.1 Å². The Kier molecular flexibility index (Phi) is 4.49. The number of aromatic nitrogens is 2. The summed E-state index contributed by atoms with van der Waals surface area (Å²) >= 11 is 3.37. The molecule has 0 amide bonds. The third kappa shape index (κ3) is 3.05. The second-order valence-corrected chi connectivity index (χ2v) is 4.69. The lowest BCUT2D eigenvalue weighted by atomic mass is 10.0. The Morgan fingerprint density at radius 3 is 2.75 bits per heavy atom. The lowest BCUT2D eigenvalue weighted by Gasteiger charge is -2.28. The van der Waals surface area contributed by atoms with Gasteiger partial charge in [0.15, 0.2) is 0 Å². The molecule has 5 nitrogen and oxygen atoms in total. The normalized spacial score (nSPS) is 14.3. The van der Waals surface area contributed by atoms with E-state index >= 15 is 0 Å². The molecular weight excluding hydrogens is 272 g/mol. The van der Waals surface area contributed by atoms with Crippen molar-refractivity contribution in [1.29, 1.82) is 0 Å². The fraction of sp³-hybridized carbons (Fsp3) is 0.600. The van der Waals surface area contributed by atoms with Crippen LogP contribution in [0.5, 0.6) is 0 Å². The Balaban J connectivity index is 2.95. The first kappa shape index (κ1) is 13.2. The average molecular weight is 289 g/mol.